The fourth-order valence-corrected chi connectivity index (χ4v) is 2.73. The van der Waals surface area contributed by atoms with Crippen LogP contribution in [0.15, 0.2) is 0 Å². The number of amides is 1. The summed E-state index contributed by atoms with van der Waals surface area (Å²) in [5.41, 5.74) is 5.31. The Morgan fingerprint density at radius 3 is 2.44 bits per heavy atom. The Hall–Kier alpha value is -0.610. The van der Waals surface area contributed by atoms with E-state index < -0.39 is 11.5 Å². The maximum Gasteiger partial charge on any atom is 0.227 e. The van der Waals surface area contributed by atoms with Crippen LogP contribution >= 0.6 is 0 Å². The standard InChI is InChI=1S/C14H28N2O2/c1-3-14(4-2,10-15)13(18)16-11-8-6-5-7-9-12(11)17/h11-12,17H,3-10,15H2,1-2H3,(H,16,18). The van der Waals surface area contributed by atoms with E-state index in [1.807, 2.05) is 13.8 Å². The van der Waals surface area contributed by atoms with Crippen molar-refractivity contribution in [3.63, 3.8) is 0 Å². The topological polar surface area (TPSA) is 75.4 Å². The maximum atomic E-state index is 12.4. The Balaban J connectivity index is 2.66. The summed E-state index contributed by atoms with van der Waals surface area (Å²) in [5, 5.41) is 13.1. The molecule has 1 aliphatic carbocycles. The number of hydrogen-bond acceptors (Lipinski definition) is 3. The molecule has 0 radical (unpaired) electrons. The Kier molecular flexibility index (Phi) is 6.09. The molecular formula is C14H28N2O2. The summed E-state index contributed by atoms with van der Waals surface area (Å²) in [7, 11) is 0. The highest BCUT2D eigenvalue weighted by Crippen LogP contribution is 2.26. The molecule has 2 atom stereocenters. The summed E-state index contributed by atoms with van der Waals surface area (Å²) in [6.45, 7) is 4.37. The van der Waals surface area contributed by atoms with E-state index in [-0.39, 0.29) is 11.9 Å². The van der Waals surface area contributed by atoms with E-state index in [4.69, 9.17) is 5.73 Å². The highest BCUT2D eigenvalue weighted by atomic mass is 16.3. The van der Waals surface area contributed by atoms with Gasteiger partial charge in [-0.2, -0.15) is 0 Å². The summed E-state index contributed by atoms with van der Waals surface area (Å²) in [4.78, 5) is 12.4. The molecule has 4 N–H and O–H groups in total. The van der Waals surface area contributed by atoms with E-state index in [0.29, 0.717) is 6.54 Å². The molecule has 0 heterocycles. The highest BCUT2D eigenvalue weighted by Gasteiger charge is 2.35. The van der Waals surface area contributed by atoms with Gasteiger partial charge in [0.05, 0.1) is 17.6 Å². The average Bonchev–Trinajstić information content (AvgIpc) is 2.58. The van der Waals surface area contributed by atoms with Crippen LogP contribution < -0.4 is 11.1 Å². The van der Waals surface area contributed by atoms with Crippen molar-refractivity contribution in [3.8, 4) is 0 Å². The van der Waals surface area contributed by atoms with E-state index in [0.717, 1.165) is 44.9 Å². The average molecular weight is 256 g/mol. The highest BCUT2D eigenvalue weighted by molar-refractivity contribution is 5.83. The van der Waals surface area contributed by atoms with Crippen molar-refractivity contribution in [1.82, 2.24) is 5.32 Å². The number of carbonyl (C=O) groups excluding carboxylic acids is 1. The molecule has 1 saturated carbocycles. The molecule has 1 aliphatic rings. The van der Waals surface area contributed by atoms with Gasteiger partial charge in [-0.25, -0.2) is 0 Å². The fourth-order valence-electron chi connectivity index (χ4n) is 2.73. The number of nitrogens with two attached hydrogens (primary N) is 1. The lowest BCUT2D eigenvalue weighted by atomic mass is 9.81. The molecule has 4 nitrogen and oxygen atoms in total. The van der Waals surface area contributed by atoms with Crippen LogP contribution in [-0.4, -0.2) is 29.7 Å². The third-order valence-electron chi connectivity index (χ3n) is 4.52. The van der Waals surface area contributed by atoms with E-state index in [2.05, 4.69) is 5.32 Å². The van der Waals surface area contributed by atoms with E-state index in [1.165, 1.54) is 0 Å². The second-order valence-electron chi connectivity index (χ2n) is 5.48. The zero-order valence-electron chi connectivity index (χ0n) is 11.7. The molecule has 0 aromatic carbocycles. The molecule has 0 spiro atoms. The Morgan fingerprint density at radius 1 is 1.28 bits per heavy atom. The third-order valence-corrected chi connectivity index (χ3v) is 4.52. The number of nitrogens with one attached hydrogen (secondary N) is 1. The minimum atomic E-state index is -0.466. The molecule has 1 fully saturated rings. The van der Waals surface area contributed by atoms with Gasteiger partial charge < -0.3 is 16.2 Å². The first-order valence-electron chi connectivity index (χ1n) is 7.28. The summed E-state index contributed by atoms with van der Waals surface area (Å²) < 4.78 is 0. The quantitative estimate of drug-likeness (QED) is 0.653. The number of aliphatic hydroxyl groups is 1. The van der Waals surface area contributed by atoms with Crippen LogP contribution in [0.5, 0.6) is 0 Å². The zero-order valence-corrected chi connectivity index (χ0v) is 11.7. The second-order valence-corrected chi connectivity index (χ2v) is 5.48. The molecular weight excluding hydrogens is 228 g/mol. The molecule has 2 unspecified atom stereocenters. The molecule has 0 aliphatic heterocycles. The van der Waals surface area contributed by atoms with Crippen LogP contribution in [0, 0.1) is 5.41 Å². The van der Waals surface area contributed by atoms with Gasteiger partial charge in [0, 0.05) is 6.54 Å². The van der Waals surface area contributed by atoms with Crippen molar-refractivity contribution >= 4 is 5.91 Å². The number of rotatable bonds is 5. The van der Waals surface area contributed by atoms with Crippen LogP contribution in [0.1, 0.15) is 58.8 Å². The Morgan fingerprint density at radius 2 is 1.89 bits per heavy atom. The maximum absolute atomic E-state index is 12.4. The van der Waals surface area contributed by atoms with Gasteiger partial charge in [0.25, 0.3) is 0 Å². The van der Waals surface area contributed by atoms with Gasteiger partial charge >= 0.3 is 0 Å². The van der Waals surface area contributed by atoms with Gasteiger partial charge in [0.15, 0.2) is 0 Å². The number of hydrogen-bond donors (Lipinski definition) is 3. The van der Waals surface area contributed by atoms with Gasteiger partial charge in [-0.3, -0.25) is 4.79 Å². The van der Waals surface area contributed by atoms with Crippen LogP contribution in [0.25, 0.3) is 0 Å². The van der Waals surface area contributed by atoms with Crippen molar-refractivity contribution in [2.24, 2.45) is 11.1 Å². The summed E-state index contributed by atoms with van der Waals surface area (Å²) in [6, 6.07) is -0.0935. The first kappa shape index (κ1) is 15.4. The van der Waals surface area contributed by atoms with Gasteiger partial charge in [-0.15, -0.1) is 0 Å². The largest absolute Gasteiger partial charge is 0.391 e. The molecule has 0 saturated heterocycles. The van der Waals surface area contributed by atoms with Crippen molar-refractivity contribution in [3.05, 3.63) is 0 Å². The smallest absolute Gasteiger partial charge is 0.227 e. The first-order valence-corrected chi connectivity index (χ1v) is 7.28. The van der Waals surface area contributed by atoms with E-state index in [9.17, 15) is 9.90 Å². The molecule has 4 heteroatoms. The van der Waals surface area contributed by atoms with Crippen LogP contribution in [-0.2, 0) is 4.79 Å². The predicted octanol–water partition coefficient (Wildman–Crippen LogP) is 1.56. The van der Waals surface area contributed by atoms with Crippen molar-refractivity contribution in [2.45, 2.75) is 70.9 Å². The lowest BCUT2D eigenvalue weighted by molar-refractivity contribution is -0.132. The van der Waals surface area contributed by atoms with E-state index in [1.54, 1.807) is 0 Å². The lowest BCUT2D eigenvalue weighted by Gasteiger charge is -2.32. The van der Waals surface area contributed by atoms with Crippen molar-refractivity contribution < 1.29 is 9.90 Å². The minimum absolute atomic E-state index is 0.0148. The molecule has 106 valence electrons. The summed E-state index contributed by atoms with van der Waals surface area (Å²) >= 11 is 0. The second kappa shape index (κ2) is 7.10. The first-order chi connectivity index (χ1) is 8.59. The van der Waals surface area contributed by atoms with Crippen LogP contribution in [0.2, 0.25) is 0 Å². The lowest BCUT2D eigenvalue weighted by Crippen LogP contribution is -2.51. The summed E-state index contributed by atoms with van der Waals surface area (Å²) in [5.74, 6) is 0.0148. The SMILES string of the molecule is CCC(CC)(CN)C(=O)NC1CCCCCC1O. The summed E-state index contributed by atoms with van der Waals surface area (Å²) in [6.07, 6.45) is 6.03. The number of aliphatic hydroxyl groups excluding tert-OH is 1. The van der Waals surface area contributed by atoms with Gasteiger partial charge in [-0.1, -0.05) is 33.1 Å². The molecule has 0 aromatic rings. The Bertz CT molecular complexity index is 256. The van der Waals surface area contributed by atoms with Crippen LogP contribution in [0.4, 0.5) is 0 Å². The molecule has 0 bridgehead atoms. The molecule has 0 aromatic heterocycles. The van der Waals surface area contributed by atoms with Gasteiger partial charge in [0.1, 0.15) is 0 Å². The Labute approximate surface area is 110 Å². The third kappa shape index (κ3) is 3.45. The zero-order chi connectivity index (χ0) is 13.6. The molecule has 1 amide bonds. The monoisotopic (exact) mass is 256 g/mol. The predicted molar refractivity (Wildman–Crippen MR) is 73.1 cm³/mol. The van der Waals surface area contributed by atoms with Gasteiger partial charge in [-0.05, 0) is 25.7 Å². The van der Waals surface area contributed by atoms with Crippen molar-refractivity contribution in [1.29, 1.82) is 0 Å². The van der Waals surface area contributed by atoms with Crippen LogP contribution in [0.3, 0.4) is 0 Å². The molecule has 1 rings (SSSR count). The molecule has 18 heavy (non-hydrogen) atoms. The van der Waals surface area contributed by atoms with Crippen molar-refractivity contribution in [2.75, 3.05) is 6.54 Å². The minimum Gasteiger partial charge on any atom is -0.391 e. The van der Waals surface area contributed by atoms with E-state index >= 15 is 0 Å². The fraction of sp³-hybridized carbons (Fsp3) is 0.929. The van der Waals surface area contributed by atoms with Gasteiger partial charge in [0.2, 0.25) is 5.91 Å². The number of carbonyl (C=O) groups is 1. The normalized spacial score (nSPS) is 25.6.